The van der Waals surface area contributed by atoms with E-state index in [0.717, 1.165) is 32.1 Å². The Labute approximate surface area is 106 Å². The molecule has 2 fully saturated rings. The SMILES string of the molecule is O=C1OC2(CCCC2)CCN1c1cccc(O)c1. The minimum atomic E-state index is -0.284. The lowest BCUT2D eigenvalue weighted by Gasteiger charge is -2.38. The molecular weight excluding hydrogens is 230 g/mol. The molecule has 1 aliphatic heterocycles. The zero-order chi connectivity index (χ0) is 12.6. The lowest BCUT2D eigenvalue weighted by molar-refractivity contribution is 0.000549. The van der Waals surface area contributed by atoms with Gasteiger partial charge >= 0.3 is 6.09 Å². The number of hydrogen-bond acceptors (Lipinski definition) is 3. The average molecular weight is 247 g/mol. The van der Waals surface area contributed by atoms with E-state index in [-0.39, 0.29) is 17.4 Å². The van der Waals surface area contributed by atoms with Gasteiger partial charge in [-0.3, -0.25) is 4.90 Å². The molecule has 96 valence electrons. The number of aromatic hydroxyl groups is 1. The van der Waals surface area contributed by atoms with Gasteiger partial charge in [0.1, 0.15) is 11.4 Å². The van der Waals surface area contributed by atoms with Crippen LogP contribution >= 0.6 is 0 Å². The van der Waals surface area contributed by atoms with E-state index in [9.17, 15) is 9.90 Å². The molecule has 1 spiro atoms. The summed E-state index contributed by atoms with van der Waals surface area (Å²) >= 11 is 0. The number of rotatable bonds is 1. The van der Waals surface area contributed by atoms with Gasteiger partial charge in [0.15, 0.2) is 0 Å². The Bertz CT molecular complexity index is 466. The van der Waals surface area contributed by atoms with Crippen molar-refractivity contribution in [3.05, 3.63) is 24.3 Å². The first-order chi connectivity index (χ1) is 8.69. The minimum Gasteiger partial charge on any atom is -0.508 e. The van der Waals surface area contributed by atoms with Crippen LogP contribution in [-0.2, 0) is 4.74 Å². The van der Waals surface area contributed by atoms with Gasteiger partial charge in [-0.1, -0.05) is 6.07 Å². The molecule has 0 atom stereocenters. The molecule has 1 aliphatic carbocycles. The fraction of sp³-hybridized carbons (Fsp3) is 0.500. The number of carbonyl (C=O) groups is 1. The number of amides is 1. The Balaban J connectivity index is 1.78. The normalized spacial score (nSPS) is 22.2. The summed E-state index contributed by atoms with van der Waals surface area (Å²) in [5.74, 6) is 0.168. The topological polar surface area (TPSA) is 49.8 Å². The third kappa shape index (κ3) is 1.92. The first-order valence-corrected chi connectivity index (χ1v) is 6.48. The second-order valence-corrected chi connectivity index (χ2v) is 5.18. The maximum absolute atomic E-state index is 12.1. The Morgan fingerprint density at radius 2 is 2.00 bits per heavy atom. The van der Waals surface area contributed by atoms with E-state index in [4.69, 9.17) is 4.74 Å². The van der Waals surface area contributed by atoms with Crippen molar-refractivity contribution in [1.29, 1.82) is 0 Å². The van der Waals surface area contributed by atoms with Crippen molar-refractivity contribution in [3.63, 3.8) is 0 Å². The number of anilines is 1. The van der Waals surface area contributed by atoms with Crippen LogP contribution in [0.3, 0.4) is 0 Å². The summed E-state index contributed by atoms with van der Waals surface area (Å²) in [7, 11) is 0. The molecule has 0 aromatic heterocycles. The van der Waals surface area contributed by atoms with Crippen molar-refractivity contribution in [2.75, 3.05) is 11.4 Å². The van der Waals surface area contributed by atoms with Crippen LogP contribution in [0.4, 0.5) is 10.5 Å². The van der Waals surface area contributed by atoms with Gasteiger partial charge in [0, 0.05) is 19.0 Å². The Morgan fingerprint density at radius 3 is 2.67 bits per heavy atom. The number of carbonyl (C=O) groups excluding carboxylic acids is 1. The van der Waals surface area contributed by atoms with Crippen LogP contribution in [0.2, 0.25) is 0 Å². The Morgan fingerprint density at radius 1 is 1.22 bits per heavy atom. The molecule has 18 heavy (non-hydrogen) atoms. The second kappa shape index (κ2) is 4.19. The van der Waals surface area contributed by atoms with E-state index in [1.54, 1.807) is 23.1 Å². The summed E-state index contributed by atoms with van der Waals surface area (Å²) < 4.78 is 5.65. The fourth-order valence-corrected chi connectivity index (χ4v) is 2.97. The van der Waals surface area contributed by atoms with Gasteiger partial charge in [-0.15, -0.1) is 0 Å². The second-order valence-electron chi connectivity index (χ2n) is 5.18. The van der Waals surface area contributed by atoms with E-state index < -0.39 is 0 Å². The molecular formula is C14H17NO3. The van der Waals surface area contributed by atoms with Gasteiger partial charge in [0.2, 0.25) is 0 Å². The van der Waals surface area contributed by atoms with Crippen molar-refractivity contribution in [2.45, 2.75) is 37.7 Å². The van der Waals surface area contributed by atoms with Gasteiger partial charge < -0.3 is 9.84 Å². The molecule has 1 saturated carbocycles. The lowest BCUT2D eigenvalue weighted by Crippen LogP contribution is -2.48. The summed E-state index contributed by atoms with van der Waals surface area (Å²) in [5.41, 5.74) is 0.498. The minimum absolute atomic E-state index is 0.168. The monoisotopic (exact) mass is 247 g/mol. The van der Waals surface area contributed by atoms with Gasteiger partial charge in [0.05, 0.1) is 5.69 Å². The summed E-state index contributed by atoms with van der Waals surface area (Å²) in [5, 5.41) is 9.46. The molecule has 1 saturated heterocycles. The summed E-state index contributed by atoms with van der Waals surface area (Å²) in [6, 6.07) is 6.73. The maximum atomic E-state index is 12.1. The van der Waals surface area contributed by atoms with E-state index in [1.165, 1.54) is 0 Å². The fourth-order valence-electron chi connectivity index (χ4n) is 2.97. The number of nitrogens with zero attached hydrogens (tertiary/aromatic N) is 1. The summed E-state index contributed by atoms with van der Waals surface area (Å²) in [6.07, 6.45) is 4.89. The van der Waals surface area contributed by atoms with Gasteiger partial charge in [0.25, 0.3) is 0 Å². The third-order valence-electron chi connectivity index (χ3n) is 3.97. The molecule has 1 N–H and O–H groups in total. The molecule has 1 aromatic rings. The number of phenolic OH excluding ortho intramolecular Hbond substituents is 1. The number of phenols is 1. The first-order valence-electron chi connectivity index (χ1n) is 6.48. The Hall–Kier alpha value is -1.71. The molecule has 3 rings (SSSR count). The molecule has 0 bridgehead atoms. The molecule has 0 unspecified atom stereocenters. The highest BCUT2D eigenvalue weighted by Crippen LogP contribution is 2.40. The number of hydrogen-bond donors (Lipinski definition) is 1. The lowest BCUT2D eigenvalue weighted by atomic mass is 9.96. The molecule has 1 aromatic carbocycles. The smallest absolute Gasteiger partial charge is 0.414 e. The predicted molar refractivity (Wildman–Crippen MR) is 67.7 cm³/mol. The summed E-state index contributed by atoms with van der Waals surface area (Å²) in [6.45, 7) is 0.669. The Kier molecular flexibility index (Phi) is 2.65. The van der Waals surface area contributed by atoms with Gasteiger partial charge in [-0.05, 0) is 37.8 Å². The zero-order valence-corrected chi connectivity index (χ0v) is 10.3. The van der Waals surface area contributed by atoms with Crippen molar-refractivity contribution in [1.82, 2.24) is 0 Å². The highest BCUT2D eigenvalue weighted by atomic mass is 16.6. The highest BCUT2D eigenvalue weighted by Gasteiger charge is 2.42. The molecule has 0 radical (unpaired) electrons. The van der Waals surface area contributed by atoms with Crippen molar-refractivity contribution >= 4 is 11.8 Å². The molecule has 1 amide bonds. The maximum Gasteiger partial charge on any atom is 0.414 e. The molecule has 2 aliphatic rings. The van der Waals surface area contributed by atoms with Crippen LogP contribution in [0.5, 0.6) is 5.75 Å². The van der Waals surface area contributed by atoms with Crippen molar-refractivity contribution in [2.24, 2.45) is 0 Å². The number of benzene rings is 1. The van der Waals surface area contributed by atoms with E-state index in [1.807, 2.05) is 6.07 Å². The molecule has 4 heteroatoms. The van der Waals surface area contributed by atoms with Gasteiger partial charge in [-0.2, -0.15) is 0 Å². The van der Waals surface area contributed by atoms with Crippen molar-refractivity contribution < 1.29 is 14.6 Å². The standard InChI is InChI=1S/C14H17NO3/c16-12-5-3-4-11(10-12)15-9-8-14(18-13(15)17)6-1-2-7-14/h3-5,10,16H,1-2,6-9H2. The van der Waals surface area contributed by atoms with E-state index in [0.29, 0.717) is 12.2 Å². The van der Waals surface area contributed by atoms with Crippen LogP contribution in [0, 0.1) is 0 Å². The van der Waals surface area contributed by atoms with E-state index in [2.05, 4.69) is 0 Å². The number of ether oxygens (including phenoxy) is 1. The predicted octanol–water partition coefficient (Wildman–Crippen LogP) is 3.05. The quantitative estimate of drug-likeness (QED) is 0.829. The van der Waals surface area contributed by atoms with Crippen LogP contribution in [0.15, 0.2) is 24.3 Å². The van der Waals surface area contributed by atoms with Crippen LogP contribution < -0.4 is 4.90 Å². The van der Waals surface area contributed by atoms with Crippen LogP contribution in [0.25, 0.3) is 0 Å². The third-order valence-corrected chi connectivity index (χ3v) is 3.97. The van der Waals surface area contributed by atoms with Crippen LogP contribution in [-0.4, -0.2) is 23.3 Å². The first kappa shape index (κ1) is 11.4. The van der Waals surface area contributed by atoms with Crippen molar-refractivity contribution in [3.8, 4) is 5.75 Å². The highest BCUT2D eigenvalue weighted by molar-refractivity contribution is 5.88. The molecule has 4 nitrogen and oxygen atoms in total. The largest absolute Gasteiger partial charge is 0.508 e. The zero-order valence-electron chi connectivity index (χ0n) is 10.3. The average Bonchev–Trinajstić information content (AvgIpc) is 2.77. The van der Waals surface area contributed by atoms with Gasteiger partial charge in [-0.25, -0.2) is 4.79 Å². The summed E-state index contributed by atoms with van der Waals surface area (Å²) in [4.78, 5) is 13.7. The van der Waals surface area contributed by atoms with Crippen LogP contribution in [0.1, 0.15) is 32.1 Å². The van der Waals surface area contributed by atoms with E-state index >= 15 is 0 Å². The molecule has 1 heterocycles.